The number of hydrogen-bond acceptors (Lipinski definition) is 5. The van der Waals surface area contributed by atoms with Crippen molar-refractivity contribution in [3.8, 4) is 0 Å². The number of carbonyl (C=O) groups is 1. The van der Waals surface area contributed by atoms with Gasteiger partial charge in [-0.25, -0.2) is 13.2 Å². The van der Waals surface area contributed by atoms with Crippen molar-refractivity contribution in [2.45, 2.75) is 44.1 Å². The summed E-state index contributed by atoms with van der Waals surface area (Å²) in [5.41, 5.74) is 6.33. The van der Waals surface area contributed by atoms with E-state index in [9.17, 15) is 31.1 Å². The van der Waals surface area contributed by atoms with Crippen molar-refractivity contribution >= 4 is 5.91 Å². The first kappa shape index (κ1) is 24.6. The molecule has 35 heavy (non-hydrogen) atoms. The van der Waals surface area contributed by atoms with E-state index in [1.165, 1.54) is 11.1 Å². The molecular weight excluding hydrogens is 478 g/mol. The number of aromatic nitrogens is 4. The number of halogens is 6. The zero-order chi connectivity index (χ0) is 25.3. The van der Waals surface area contributed by atoms with Crippen molar-refractivity contribution in [1.82, 2.24) is 24.6 Å². The molecule has 0 saturated carbocycles. The van der Waals surface area contributed by atoms with Gasteiger partial charge in [0.05, 0.1) is 6.04 Å². The Morgan fingerprint density at radius 1 is 1.09 bits per heavy atom. The lowest BCUT2D eigenvalue weighted by molar-refractivity contribution is -0.148. The highest BCUT2D eigenvalue weighted by Crippen LogP contribution is 2.34. The van der Waals surface area contributed by atoms with Crippen LogP contribution in [0.2, 0.25) is 0 Å². The summed E-state index contributed by atoms with van der Waals surface area (Å²) in [4.78, 5) is 18.7. The largest absolute Gasteiger partial charge is 0.451 e. The topological polar surface area (TPSA) is 89.9 Å². The molecule has 7 nitrogen and oxygen atoms in total. The average Bonchev–Trinajstić information content (AvgIpc) is 3.23. The molecule has 0 fully saturated rings. The minimum atomic E-state index is -4.72. The third-order valence-electron chi connectivity index (χ3n) is 5.73. The normalized spacial score (nSPS) is 16.8. The van der Waals surface area contributed by atoms with Gasteiger partial charge in [0.25, 0.3) is 0 Å². The molecule has 2 aromatic heterocycles. The summed E-state index contributed by atoms with van der Waals surface area (Å²) < 4.78 is 81.7. The molecule has 1 aromatic carbocycles. The molecule has 0 spiro atoms. The van der Waals surface area contributed by atoms with Gasteiger partial charge < -0.3 is 15.2 Å². The van der Waals surface area contributed by atoms with Crippen LogP contribution in [0.3, 0.4) is 0 Å². The highest BCUT2D eigenvalue weighted by atomic mass is 19.4. The number of carbonyl (C=O) groups excluding carboxylic acids is 1. The Bertz CT molecular complexity index is 1220. The summed E-state index contributed by atoms with van der Waals surface area (Å²) in [6, 6.07) is 4.27. The molecule has 0 unspecified atom stereocenters. The Kier molecular flexibility index (Phi) is 6.79. The zero-order valence-corrected chi connectivity index (χ0v) is 18.1. The smallest absolute Gasteiger partial charge is 0.330 e. The van der Waals surface area contributed by atoms with Crippen LogP contribution < -0.4 is 5.73 Å². The van der Waals surface area contributed by atoms with Crippen molar-refractivity contribution < 1.29 is 31.1 Å². The number of rotatable bonds is 6. The van der Waals surface area contributed by atoms with Gasteiger partial charge in [0.15, 0.2) is 17.5 Å². The first-order valence-corrected chi connectivity index (χ1v) is 10.6. The van der Waals surface area contributed by atoms with Gasteiger partial charge in [0.1, 0.15) is 5.82 Å². The molecule has 2 N–H and O–H groups in total. The van der Waals surface area contributed by atoms with Crippen molar-refractivity contribution in [2.75, 3.05) is 6.54 Å². The van der Waals surface area contributed by atoms with E-state index in [1.54, 1.807) is 18.2 Å². The maximum atomic E-state index is 14.0. The molecule has 0 bridgehead atoms. The molecule has 1 amide bonds. The van der Waals surface area contributed by atoms with Gasteiger partial charge >= 0.3 is 6.18 Å². The fourth-order valence-electron chi connectivity index (χ4n) is 4.13. The summed E-state index contributed by atoms with van der Waals surface area (Å²) >= 11 is 0. The summed E-state index contributed by atoms with van der Waals surface area (Å²) in [6.45, 7) is -0.259. The van der Waals surface area contributed by atoms with Gasteiger partial charge in [-0.2, -0.15) is 13.2 Å². The lowest BCUT2D eigenvalue weighted by atomic mass is 10.0. The number of alkyl halides is 3. The fourth-order valence-corrected chi connectivity index (χ4v) is 4.13. The van der Waals surface area contributed by atoms with Gasteiger partial charge in [0, 0.05) is 49.9 Å². The maximum absolute atomic E-state index is 14.0. The third-order valence-corrected chi connectivity index (χ3v) is 5.73. The van der Waals surface area contributed by atoms with Crippen molar-refractivity contribution in [3.05, 3.63) is 76.9 Å². The summed E-state index contributed by atoms with van der Waals surface area (Å²) in [5.74, 6) is -5.29. The Hall–Kier alpha value is -3.48. The molecule has 3 heterocycles. The Morgan fingerprint density at radius 2 is 1.83 bits per heavy atom. The molecular formula is C22H20F6N6O. The Balaban J connectivity index is 1.56. The van der Waals surface area contributed by atoms with Crippen molar-refractivity contribution in [3.63, 3.8) is 0 Å². The predicted octanol–water partition coefficient (Wildman–Crippen LogP) is 3.20. The van der Waals surface area contributed by atoms with Crippen LogP contribution in [0.5, 0.6) is 0 Å². The van der Waals surface area contributed by atoms with Gasteiger partial charge in [-0.15, -0.1) is 10.2 Å². The second kappa shape index (κ2) is 9.64. The summed E-state index contributed by atoms with van der Waals surface area (Å²) in [7, 11) is 0. The Labute approximate surface area is 195 Å². The summed E-state index contributed by atoms with van der Waals surface area (Å²) in [5, 5.41) is 7.02. The minimum absolute atomic E-state index is 0.0391. The second-order valence-corrected chi connectivity index (χ2v) is 8.19. The number of fused-ring (bicyclic) bond motifs is 1. The molecule has 0 aliphatic carbocycles. The first-order valence-electron chi connectivity index (χ1n) is 10.6. The van der Waals surface area contributed by atoms with Crippen LogP contribution in [0.1, 0.15) is 35.4 Å². The minimum Gasteiger partial charge on any atom is -0.330 e. The number of amides is 1. The third kappa shape index (κ3) is 5.29. The number of benzene rings is 1. The number of pyridine rings is 1. The van der Waals surface area contributed by atoms with E-state index in [0.717, 1.165) is 4.57 Å². The molecule has 0 radical (unpaired) electrons. The van der Waals surface area contributed by atoms with Gasteiger partial charge in [-0.05, 0) is 30.2 Å². The Morgan fingerprint density at radius 3 is 2.51 bits per heavy atom. The average molecular weight is 498 g/mol. The maximum Gasteiger partial charge on any atom is 0.451 e. The highest BCUT2D eigenvalue weighted by Gasteiger charge is 2.43. The zero-order valence-electron chi connectivity index (χ0n) is 18.1. The van der Waals surface area contributed by atoms with Gasteiger partial charge in [-0.1, -0.05) is 6.07 Å². The predicted molar refractivity (Wildman–Crippen MR) is 110 cm³/mol. The number of hydrogen-bond donors (Lipinski definition) is 1. The van der Waals surface area contributed by atoms with Crippen LogP contribution in [0.4, 0.5) is 26.3 Å². The van der Waals surface area contributed by atoms with Crippen LogP contribution in [0, 0.1) is 17.5 Å². The van der Waals surface area contributed by atoms with Crippen LogP contribution in [-0.2, 0) is 30.4 Å². The van der Waals surface area contributed by atoms with Crippen LogP contribution >= 0.6 is 0 Å². The molecule has 0 saturated heterocycles. The highest BCUT2D eigenvalue weighted by molar-refractivity contribution is 5.77. The van der Waals surface area contributed by atoms with Crippen molar-refractivity contribution in [2.24, 2.45) is 5.73 Å². The monoisotopic (exact) mass is 498 g/mol. The lowest BCUT2D eigenvalue weighted by Gasteiger charge is -2.36. The summed E-state index contributed by atoms with van der Waals surface area (Å²) in [6.07, 6.45) is -3.68. The molecule has 2 atom stereocenters. The lowest BCUT2D eigenvalue weighted by Crippen LogP contribution is -2.46. The van der Waals surface area contributed by atoms with E-state index in [0.29, 0.717) is 17.8 Å². The number of nitrogens with two attached hydrogens (primary N) is 1. The molecule has 3 aromatic rings. The second-order valence-electron chi connectivity index (χ2n) is 8.19. The van der Waals surface area contributed by atoms with E-state index in [-0.39, 0.29) is 43.7 Å². The molecule has 1 aliphatic rings. The van der Waals surface area contributed by atoms with Gasteiger partial charge in [-0.3, -0.25) is 9.78 Å². The van der Waals surface area contributed by atoms with E-state index in [1.807, 2.05) is 0 Å². The standard InChI is InChI=1S/C22H20F6N6O/c23-15-11-17(25)16(24)8-12(15)7-13(29)9-19(35)33-5-6-34-20(31-32-21(34)22(26,27)28)18(33)10-14-3-1-2-4-30-14/h1-4,8,11,13,18H,5-7,9-10,29H2/t13-,18-/m1/s1. The molecule has 1 aliphatic heterocycles. The van der Waals surface area contributed by atoms with Crippen molar-refractivity contribution in [1.29, 1.82) is 0 Å². The van der Waals surface area contributed by atoms with E-state index < -0.39 is 47.4 Å². The number of nitrogens with zero attached hydrogens (tertiary/aromatic N) is 5. The first-order chi connectivity index (χ1) is 16.5. The molecule has 13 heteroatoms. The van der Waals surface area contributed by atoms with E-state index in [2.05, 4.69) is 15.2 Å². The van der Waals surface area contributed by atoms with E-state index >= 15 is 0 Å². The van der Waals surface area contributed by atoms with Gasteiger partial charge in [0.2, 0.25) is 11.7 Å². The molecule has 4 rings (SSSR count). The fraction of sp³-hybridized carbons (Fsp3) is 0.364. The van der Waals surface area contributed by atoms with Crippen LogP contribution in [-0.4, -0.2) is 43.1 Å². The molecule has 186 valence electrons. The van der Waals surface area contributed by atoms with Crippen LogP contribution in [0.15, 0.2) is 36.5 Å². The van der Waals surface area contributed by atoms with Crippen LogP contribution in [0.25, 0.3) is 0 Å². The SMILES string of the molecule is N[C@@H](CC(=O)N1CCn2c(nnc2C(F)(F)F)[C@H]1Cc1ccccn1)Cc1cc(F)c(F)cc1F. The van der Waals surface area contributed by atoms with E-state index in [4.69, 9.17) is 5.73 Å². The quantitative estimate of drug-likeness (QED) is 0.417.